The molecule has 0 unspecified atom stereocenters. The van der Waals surface area contributed by atoms with Gasteiger partial charge in [0.2, 0.25) is 0 Å². The standard InChI is InChI=1S/C25H28SSi/c1-5-7-21-12-15-25(26-21)20-16-19-8-6-9-23(24(19)17-20)18-10-13-22(14-11-18)27(2,3)4/h6,8-15,17H,5,7,16H2,1-4H3. The van der Waals surface area contributed by atoms with E-state index >= 15 is 0 Å². The van der Waals surface area contributed by atoms with Crippen LogP contribution in [0.1, 0.15) is 34.2 Å². The summed E-state index contributed by atoms with van der Waals surface area (Å²) in [5, 5.41) is 1.53. The van der Waals surface area contributed by atoms with Crippen LogP contribution in [-0.4, -0.2) is 8.07 Å². The molecule has 3 aromatic rings. The molecule has 1 aliphatic carbocycles. The van der Waals surface area contributed by atoms with E-state index in [2.05, 4.69) is 87.2 Å². The SMILES string of the molecule is CCCc1ccc(C2=Cc3c(cccc3-c3ccc([Si](C)(C)C)cc3)C2)s1. The van der Waals surface area contributed by atoms with Gasteiger partial charge in [-0.3, -0.25) is 0 Å². The van der Waals surface area contributed by atoms with Crippen LogP contribution in [0.3, 0.4) is 0 Å². The first kappa shape index (κ1) is 18.5. The molecule has 0 atom stereocenters. The van der Waals surface area contributed by atoms with Crippen LogP contribution < -0.4 is 5.19 Å². The van der Waals surface area contributed by atoms with Crippen molar-refractivity contribution in [3.63, 3.8) is 0 Å². The molecule has 0 saturated carbocycles. The number of rotatable bonds is 5. The van der Waals surface area contributed by atoms with E-state index < -0.39 is 8.07 Å². The first-order valence-electron chi connectivity index (χ1n) is 9.98. The molecular weight excluding hydrogens is 360 g/mol. The topological polar surface area (TPSA) is 0 Å². The number of allylic oxidation sites excluding steroid dienone is 1. The van der Waals surface area contributed by atoms with Gasteiger partial charge in [-0.05, 0) is 58.9 Å². The number of hydrogen-bond acceptors (Lipinski definition) is 1. The van der Waals surface area contributed by atoms with E-state index in [0.717, 1.165) is 6.42 Å². The quantitative estimate of drug-likeness (QED) is 0.412. The van der Waals surface area contributed by atoms with Crippen molar-refractivity contribution in [2.24, 2.45) is 0 Å². The van der Waals surface area contributed by atoms with Gasteiger partial charge in [0, 0.05) is 9.75 Å². The van der Waals surface area contributed by atoms with Gasteiger partial charge in [-0.15, -0.1) is 11.3 Å². The first-order chi connectivity index (χ1) is 13.0. The Morgan fingerprint density at radius 2 is 1.70 bits per heavy atom. The highest BCUT2D eigenvalue weighted by Crippen LogP contribution is 2.39. The Morgan fingerprint density at radius 3 is 2.41 bits per heavy atom. The maximum absolute atomic E-state index is 2.43. The maximum atomic E-state index is 2.43. The van der Waals surface area contributed by atoms with Crippen LogP contribution >= 0.6 is 11.3 Å². The zero-order valence-electron chi connectivity index (χ0n) is 16.8. The van der Waals surface area contributed by atoms with Crippen molar-refractivity contribution in [1.29, 1.82) is 0 Å². The van der Waals surface area contributed by atoms with Crippen molar-refractivity contribution in [2.45, 2.75) is 45.8 Å². The van der Waals surface area contributed by atoms with E-state index in [1.54, 1.807) is 0 Å². The van der Waals surface area contributed by atoms with Crippen molar-refractivity contribution in [3.05, 3.63) is 75.5 Å². The molecule has 2 heteroatoms. The normalized spacial score (nSPS) is 13.6. The van der Waals surface area contributed by atoms with Crippen molar-refractivity contribution in [1.82, 2.24) is 0 Å². The van der Waals surface area contributed by atoms with E-state index in [-0.39, 0.29) is 0 Å². The van der Waals surface area contributed by atoms with Gasteiger partial charge in [0.1, 0.15) is 0 Å². The van der Waals surface area contributed by atoms with Crippen LogP contribution in [0.2, 0.25) is 19.6 Å². The molecule has 2 aromatic carbocycles. The Labute approximate surface area is 168 Å². The zero-order chi connectivity index (χ0) is 19.0. The van der Waals surface area contributed by atoms with Crippen molar-refractivity contribution in [2.75, 3.05) is 0 Å². The molecule has 27 heavy (non-hydrogen) atoms. The van der Waals surface area contributed by atoms with Gasteiger partial charge in [0.05, 0.1) is 8.07 Å². The van der Waals surface area contributed by atoms with E-state index in [1.165, 1.54) is 55.6 Å². The lowest BCUT2D eigenvalue weighted by Gasteiger charge is -2.17. The minimum Gasteiger partial charge on any atom is -0.141 e. The minimum atomic E-state index is -1.25. The predicted molar refractivity (Wildman–Crippen MR) is 125 cm³/mol. The fraction of sp³-hybridized carbons (Fsp3) is 0.280. The number of benzene rings is 2. The molecule has 0 amide bonds. The summed E-state index contributed by atoms with van der Waals surface area (Å²) in [6.45, 7) is 9.48. The highest BCUT2D eigenvalue weighted by molar-refractivity contribution is 7.13. The third-order valence-corrected chi connectivity index (χ3v) is 8.72. The highest BCUT2D eigenvalue weighted by atomic mass is 32.1. The average Bonchev–Trinajstić information content (AvgIpc) is 3.27. The summed E-state index contributed by atoms with van der Waals surface area (Å²) in [4.78, 5) is 2.95. The van der Waals surface area contributed by atoms with E-state index in [0.29, 0.717) is 0 Å². The number of fused-ring (bicyclic) bond motifs is 1. The van der Waals surface area contributed by atoms with Crippen LogP contribution in [0.4, 0.5) is 0 Å². The third kappa shape index (κ3) is 3.74. The van der Waals surface area contributed by atoms with Gasteiger partial charge in [-0.25, -0.2) is 0 Å². The summed E-state index contributed by atoms with van der Waals surface area (Å²) in [5.41, 5.74) is 7.06. The van der Waals surface area contributed by atoms with Gasteiger partial charge in [-0.2, -0.15) is 0 Å². The average molecular weight is 389 g/mol. The van der Waals surface area contributed by atoms with Gasteiger partial charge in [0.25, 0.3) is 0 Å². The molecule has 1 aromatic heterocycles. The second-order valence-electron chi connectivity index (χ2n) is 8.57. The largest absolute Gasteiger partial charge is 0.141 e. The Hall–Kier alpha value is -1.90. The lowest BCUT2D eigenvalue weighted by Crippen LogP contribution is -2.37. The molecule has 0 bridgehead atoms. The zero-order valence-corrected chi connectivity index (χ0v) is 18.6. The Morgan fingerprint density at radius 1 is 0.926 bits per heavy atom. The molecule has 4 rings (SSSR count). The van der Waals surface area contributed by atoms with Crippen molar-refractivity contribution in [3.8, 4) is 11.1 Å². The molecule has 0 aliphatic heterocycles. The van der Waals surface area contributed by atoms with Crippen LogP contribution in [0.15, 0.2) is 54.6 Å². The minimum absolute atomic E-state index is 1.06. The van der Waals surface area contributed by atoms with E-state index in [9.17, 15) is 0 Å². The van der Waals surface area contributed by atoms with Gasteiger partial charge in [-0.1, -0.05) is 80.6 Å². The van der Waals surface area contributed by atoms with Gasteiger partial charge in [0.15, 0.2) is 0 Å². The lowest BCUT2D eigenvalue weighted by atomic mass is 9.97. The second kappa shape index (κ2) is 7.25. The van der Waals surface area contributed by atoms with Gasteiger partial charge >= 0.3 is 0 Å². The highest BCUT2D eigenvalue weighted by Gasteiger charge is 2.20. The van der Waals surface area contributed by atoms with Crippen molar-refractivity contribution < 1.29 is 0 Å². The molecule has 0 radical (unpaired) electrons. The molecular formula is C25H28SSi. The Balaban J connectivity index is 1.68. The molecule has 0 saturated heterocycles. The Bertz CT molecular complexity index is 984. The summed E-state index contributed by atoms with van der Waals surface area (Å²) < 4.78 is 0. The van der Waals surface area contributed by atoms with Crippen LogP contribution in [0, 0.1) is 0 Å². The summed E-state index contributed by atoms with van der Waals surface area (Å²) in [5.74, 6) is 0. The van der Waals surface area contributed by atoms with Crippen LogP contribution in [-0.2, 0) is 12.8 Å². The van der Waals surface area contributed by atoms with Gasteiger partial charge < -0.3 is 0 Å². The monoisotopic (exact) mass is 388 g/mol. The predicted octanol–water partition coefficient (Wildman–Crippen LogP) is 7.01. The fourth-order valence-corrected chi connectivity index (χ4v) is 6.15. The molecule has 0 nitrogen and oxygen atoms in total. The Kier molecular flexibility index (Phi) is 4.96. The summed E-state index contributed by atoms with van der Waals surface area (Å²) >= 11 is 1.97. The molecule has 0 N–H and O–H groups in total. The van der Waals surface area contributed by atoms with E-state index in [4.69, 9.17) is 0 Å². The summed E-state index contributed by atoms with van der Waals surface area (Å²) in [6.07, 6.45) is 5.90. The number of aryl methyl sites for hydroxylation is 1. The van der Waals surface area contributed by atoms with E-state index in [1.807, 2.05) is 11.3 Å². The molecule has 0 spiro atoms. The smallest absolute Gasteiger partial charge is 0.0775 e. The second-order valence-corrected chi connectivity index (χ2v) is 14.8. The molecule has 138 valence electrons. The number of hydrogen-bond donors (Lipinski definition) is 0. The van der Waals surface area contributed by atoms with Crippen molar-refractivity contribution >= 4 is 36.2 Å². The number of thiophene rings is 1. The third-order valence-electron chi connectivity index (χ3n) is 5.43. The first-order valence-corrected chi connectivity index (χ1v) is 14.3. The summed E-state index contributed by atoms with van der Waals surface area (Å²) in [7, 11) is -1.25. The summed E-state index contributed by atoms with van der Waals surface area (Å²) in [6, 6.07) is 20.7. The molecule has 1 aliphatic rings. The van der Waals surface area contributed by atoms with Crippen LogP contribution in [0.5, 0.6) is 0 Å². The fourth-order valence-electron chi connectivity index (χ4n) is 3.86. The maximum Gasteiger partial charge on any atom is 0.0775 e. The molecule has 0 fully saturated rings. The lowest BCUT2D eigenvalue weighted by molar-refractivity contribution is 0.940. The molecule has 1 heterocycles. The van der Waals surface area contributed by atoms with Crippen LogP contribution in [0.25, 0.3) is 22.8 Å².